The molecule has 17 heavy (non-hydrogen) atoms. The largest absolute Gasteiger partial charge is 0.476 e. The van der Waals surface area contributed by atoms with Gasteiger partial charge in [-0.15, -0.1) is 0 Å². The number of nitrogens with one attached hydrogen (secondary N) is 1. The van der Waals surface area contributed by atoms with Crippen LogP contribution in [0.3, 0.4) is 0 Å². The Morgan fingerprint density at radius 3 is 2.76 bits per heavy atom. The van der Waals surface area contributed by atoms with Crippen LogP contribution < -0.4 is 5.32 Å². The van der Waals surface area contributed by atoms with Gasteiger partial charge in [-0.2, -0.15) is 0 Å². The topological polar surface area (TPSA) is 95.3 Å². The Bertz CT molecular complexity index is 397. The van der Waals surface area contributed by atoms with Crippen LogP contribution in [-0.4, -0.2) is 38.3 Å². The summed E-state index contributed by atoms with van der Waals surface area (Å²) in [5.41, 5.74) is -0.418. The molecule has 0 aliphatic rings. The highest BCUT2D eigenvalue weighted by Crippen LogP contribution is 2.19. The summed E-state index contributed by atoms with van der Waals surface area (Å²) < 4.78 is 0. The molecule has 0 radical (unpaired) electrons. The molecule has 0 aliphatic heterocycles. The first kappa shape index (κ1) is 13.4. The van der Waals surface area contributed by atoms with Crippen molar-refractivity contribution in [3.8, 4) is 0 Å². The van der Waals surface area contributed by atoms with E-state index in [9.17, 15) is 4.79 Å². The predicted molar refractivity (Wildman–Crippen MR) is 63.0 cm³/mol. The van der Waals surface area contributed by atoms with Gasteiger partial charge >= 0.3 is 5.97 Å². The molecule has 1 aromatic heterocycles. The molecule has 0 saturated heterocycles. The summed E-state index contributed by atoms with van der Waals surface area (Å²) in [6.45, 7) is 3.98. The maximum atomic E-state index is 10.7. The third-order valence-corrected chi connectivity index (χ3v) is 2.73. The van der Waals surface area contributed by atoms with Crippen molar-refractivity contribution >= 4 is 11.8 Å². The van der Waals surface area contributed by atoms with E-state index < -0.39 is 5.97 Å². The van der Waals surface area contributed by atoms with Gasteiger partial charge in [0.1, 0.15) is 5.82 Å². The Kier molecular flexibility index (Phi) is 4.39. The fraction of sp³-hybridized carbons (Fsp3) is 0.545. The van der Waals surface area contributed by atoms with Crippen molar-refractivity contribution in [2.24, 2.45) is 0 Å². The van der Waals surface area contributed by atoms with Crippen LogP contribution in [-0.2, 0) is 0 Å². The van der Waals surface area contributed by atoms with Crippen LogP contribution in [0.2, 0.25) is 0 Å². The monoisotopic (exact) mass is 239 g/mol. The average molecular weight is 239 g/mol. The molecule has 0 saturated carbocycles. The van der Waals surface area contributed by atoms with Crippen LogP contribution in [0.5, 0.6) is 0 Å². The number of carboxylic acid groups (broad SMARTS) is 1. The van der Waals surface area contributed by atoms with Crippen molar-refractivity contribution in [2.45, 2.75) is 32.2 Å². The van der Waals surface area contributed by atoms with Gasteiger partial charge in [0.25, 0.3) is 0 Å². The minimum atomic E-state index is -1.11. The summed E-state index contributed by atoms with van der Waals surface area (Å²) in [6, 6.07) is 0. The molecule has 0 bridgehead atoms. The lowest BCUT2D eigenvalue weighted by molar-refractivity contribution is 0.0690. The van der Waals surface area contributed by atoms with Gasteiger partial charge in [-0.3, -0.25) is 4.98 Å². The maximum absolute atomic E-state index is 10.7. The summed E-state index contributed by atoms with van der Waals surface area (Å²) in [4.78, 5) is 18.5. The zero-order valence-electron chi connectivity index (χ0n) is 9.97. The van der Waals surface area contributed by atoms with Gasteiger partial charge in [0.2, 0.25) is 0 Å². The molecule has 94 valence electrons. The number of anilines is 1. The average Bonchev–Trinajstić information content (AvgIpc) is 2.29. The van der Waals surface area contributed by atoms with E-state index in [2.05, 4.69) is 15.3 Å². The number of aliphatic hydroxyl groups is 1. The zero-order chi connectivity index (χ0) is 12.9. The molecular formula is C11H17N3O3. The molecule has 3 N–H and O–H groups in total. The normalized spacial score (nSPS) is 14.1. The second-order valence-corrected chi connectivity index (χ2v) is 4.11. The smallest absolute Gasteiger partial charge is 0.356 e. The van der Waals surface area contributed by atoms with Crippen molar-refractivity contribution in [1.29, 1.82) is 0 Å². The Balaban J connectivity index is 2.86. The Labute approximate surface area is 99.7 Å². The first-order valence-corrected chi connectivity index (χ1v) is 5.45. The molecule has 0 fully saturated rings. The summed E-state index contributed by atoms with van der Waals surface area (Å²) in [6.07, 6.45) is 4.01. The van der Waals surface area contributed by atoms with Crippen LogP contribution in [0.25, 0.3) is 0 Å². The first-order chi connectivity index (χ1) is 8.00. The van der Waals surface area contributed by atoms with Gasteiger partial charge in [-0.1, -0.05) is 6.92 Å². The van der Waals surface area contributed by atoms with E-state index in [-0.39, 0.29) is 17.8 Å². The quantitative estimate of drug-likeness (QED) is 0.689. The summed E-state index contributed by atoms with van der Waals surface area (Å²) >= 11 is 0. The van der Waals surface area contributed by atoms with E-state index in [0.29, 0.717) is 12.2 Å². The van der Waals surface area contributed by atoms with Gasteiger partial charge in [-0.25, -0.2) is 9.78 Å². The molecule has 1 aromatic rings. The fourth-order valence-electron chi connectivity index (χ4n) is 1.41. The van der Waals surface area contributed by atoms with Crippen molar-refractivity contribution in [3.63, 3.8) is 0 Å². The maximum Gasteiger partial charge on any atom is 0.356 e. The minimum absolute atomic E-state index is 0.0589. The lowest BCUT2D eigenvalue weighted by Crippen LogP contribution is -2.35. The van der Waals surface area contributed by atoms with Crippen molar-refractivity contribution in [3.05, 3.63) is 18.1 Å². The molecule has 1 unspecified atom stereocenters. The standard InChI is InChI=1S/C11H17N3O3/c1-3-11(2,4-5-15)14-9-7-12-6-8(13-9)10(16)17/h6-7,15H,3-5H2,1-2H3,(H,13,14)(H,16,17). The van der Waals surface area contributed by atoms with Crippen LogP contribution in [0.4, 0.5) is 5.82 Å². The predicted octanol–water partition coefficient (Wildman–Crippen LogP) is 1.14. The Hall–Kier alpha value is -1.69. The van der Waals surface area contributed by atoms with E-state index in [0.717, 1.165) is 6.42 Å². The third-order valence-electron chi connectivity index (χ3n) is 2.73. The number of carbonyl (C=O) groups is 1. The van der Waals surface area contributed by atoms with Crippen molar-refractivity contribution in [1.82, 2.24) is 9.97 Å². The van der Waals surface area contributed by atoms with Gasteiger partial charge in [0, 0.05) is 12.1 Å². The molecule has 0 amide bonds. The molecule has 6 nitrogen and oxygen atoms in total. The van der Waals surface area contributed by atoms with Crippen LogP contribution in [0, 0.1) is 0 Å². The van der Waals surface area contributed by atoms with Gasteiger partial charge in [-0.05, 0) is 19.8 Å². The number of hydrogen-bond donors (Lipinski definition) is 3. The lowest BCUT2D eigenvalue weighted by Gasteiger charge is -2.29. The summed E-state index contributed by atoms with van der Waals surface area (Å²) in [5, 5.41) is 20.9. The van der Waals surface area contributed by atoms with Crippen molar-refractivity contribution in [2.75, 3.05) is 11.9 Å². The van der Waals surface area contributed by atoms with Crippen LogP contribution in [0.1, 0.15) is 37.2 Å². The Morgan fingerprint density at radius 1 is 1.53 bits per heavy atom. The highest BCUT2D eigenvalue weighted by molar-refractivity contribution is 5.85. The Morgan fingerprint density at radius 2 is 2.24 bits per heavy atom. The van der Waals surface area contributed by atoms with E-state index in [1.807, 2.05) is 13.8 Å². The molecule has 1 atom stereocenters. The van der Waals surface area contributed by atoms with Crippen LogP contribution in [0.15, 0.2) is 12.4 Å². The minimum Gasteiger partial charge on any atom is -0.476 e. The lowest BCUT2D eigenvalue weighted by atomic mass is 9.95. The van der Waals surface area contributed by atoms with Gasteiger partial charge < -0.3 is 15.5 Å². The number of carboxylic acids is 1. The molecule has 1 heterocycles. The first-order valence-electron chi connectivity index (χ1n) is 5.45. The number of nitrogens with zero attached hydrogens (tertiary/aromatic N) is 2. The molecule has 0 spiro atoms. The van der Waals surface area contributed by atoms with Crippen LogP contribution >= 0.6 is 0 Å². The number of aromatic carboxylic acids is 1. The molecular weight excluding hydrogens is 222 g/mol. The van der Waals surface area contributed by atoms with Gasteiger partial charge in [0.05, 0.1) is 12.4 Å². The summed E-state index contributed by atoms with van der Waals surface area (Å²) in [7, 11) is 0. The number of aromatic nitrogens is 2. The fourth-order valence-corrected chi connectivity index (χ4v) is 1.41. The number of aliphatic hydroxyl groups excluding tert-OH is 1. The third kappa shape index (κ3) is 3.67. The van der Waals surface area contributed by atoms with Gasteiger partial charge in [0.15, 0.2) is 5.69 Å². The second-order valence-electron chi connectivity index (χ2n) is 4.11. The highest BCUT2D eigenvalue weighted by Gasteiger charge is 2.22. The highest BCUT2D eigenvalue weighted by atomic mass is 16.4. The van der Waals surface area contributed by atoms with E-state index in [1.54, 1.807) is 0 Å². The second kappa shape index (κ2) is 5.58. The van der Waals surface area contributed by atoms with E-state index in [1.165, 1.54) is 12.4 Å². The van der Waals surface area contributed by atoms with E-state index >= 15 is 0 Å². The zero-order valence-corrected chi connectivity index (χ0v) is 9.97. The molecule has 0 aromatic carbocycles. The van der Waals surface area contributed by atoms with E-state index in [4.69, 9.17) is 10.2 Å². The SMILES string of the molecule is CCC(C)(CCO)Nc1cncc(C(=O)O)n1. The summed E-state index contributed by atoms with van der Waals surface area (Å²) in [5.74, 6) is -0.704. The number of hydrogen-bond acceptors (Lipinski definition) is 5. The number of rotatable bonds is 6. The molecule has 6 heteroatoms. The van der Waals surface area contributed by atoms with Crippen molar-refractivity contribution < 1.29 is 15.0 Å². The molecule has 1 rings (SSSR count). The molecule has 0 aliphatic carbocycles.